The van der Waals surface area contributed by atoms with Gasteiger partial charge in [0.2, 0.25) is 5.28 Å². The highest BCUT2D eigenvalue weighted by Crippen LogP contribution is 2.35. The van der Waals surface area contributed by atoms with Crippen LogP contribution in [0.3, 0.4) is 0 Å². The van der Waals surface area contributed by atoms with Crippen LogP contribution in [0.5, 0.6) is 0 Å². The monoisotopic (exact) mass is 338 g/mol. The van der Waals surface area contributed by atoms with Gasteiger partial charge in [-0.1, -0.05) is 17.7 Å². The predicted octanol–water partition coefficient (Wildman–Crippen LogP) is 4.78. The van der Waals surface area contributed by atoms with Gasteiger partial charge in [0.25, 0.3) is 0 Å². The van der Waals surface area contributed by atoms with E-state index in [0.717, 1.165) is 23.9 Å². The topological polar surface area (TPSA) is 50.7 Å². The van der Waals surface area contributed by atoms with Gasteiger partial charge in [-0.05, 0) is 73.5 Å². The Morgan fingerprint density at radius 1 is 1.21 bits per heavy atom. The fourth-order valence-corrected chi connectivity index (χ4v) is 3.85. The van der Waals surface area contributed by atoms with Crippen LogP contribution < -0.4 is 5.32 Å². The molecule has 1 atom stereocenters. The first kappa shape index (κ1) is 15.3. The van der Waals surface area contributed by atoms with E-state index in [0.29, 0.717) is 5.82 Å². The van der Waals surface area contributed by atoms with Crippen LogP contribution >= 0.6 is 11.6 Å². The van der Waals surface area contributed by atoms with Crippen molar-refractivity contribution in [3.05, 3.63) is 58.0 Å². The number of benzene rings is 1. The Kier molecular flexibility index (Phi) is 3.85. The molecule has 0 aliphatic heterocycles. The molecule has 0 radical (unpaired) electrons. The SMILES string of the molecule is Cc1cc(C)c2c(c1)C(Nc1nc(Cl)nc3cccnc13)CCC2. The molecule has 3 aromatic rings. The lowest BCUT2D eigenvalue weighted by Gasteiger charge is -2.29. The molecule has 0 spiro atoms. The summed E-state index contributed by atoms with van der Waals surface area (Å²) in [4.78, 5) is 13.1. The summed E-state index contributed by atoms with van der Waals surface area (Å²) < 4.78 is 0. The van der Waals surface area contributed by atoms with Gasteiger partial charge < -0.3 is 5.32 Å². The number of anilines is 1. The van der Waals surface area contributed by atoms with Crippen molar-refractivity contribution in [2.24, 2.45) is 0 Å². The lowest BCUT2D eigenvalue weighted by Crippen LogP contribution is -2.19. The van der Waals surface area contributed by atoms with E-state index in [1.165, 1.54) is 28.7 Å². The maximum Gasteiger partial charge on any atom is 0.225 e. The molecular weight excluding hydrogens is 320 g/mol. The Morgan fingerprint density at radius 3 is 2.96 bits per heavy atom. The number of rotatable bonds is 2. The molecule has 1 aliphatic rings. The fourth-order valence-electron chi connectivity index (χ4n) is 3.68. The van der Waals surface area contributed by atoms with E-state index < -0.39 is 0 Å². The van der Waals surface area contributed by atoms with E-state index in [1.807, 2.05) is 12.1 Å². The molecule has 5 heteroatoms. The third kappa shape index (κ3) is 2.71. The van der Waals surface area contributed by atoms with Gasteiger partial charge in [-0.2, -0.15) is 4.98 Å². The summed E-state index contributed by atoms with van der Waals surface area (Å²) in [7, 11) is 0. The number of aromatic nitrogens is 3. The van der Waals surface area contributed by atoms with Gasteiger partial charge in [-0.3, -0.25) is 4.98 Å². The average molecular weight is 339 g/mol. The van der Waals surface area contributed by atoms with E-state index in [4.69, 9.17) is 11.6 Å². The summed E-state index contributed by atoms with van der Waals surface area (Å²) >= 11 is 6.10. The van der Waals surface area contributed by atoms with Gasteiger partial charge in [-0.25, -0.2) is 4.98 Å². The molecule has 24 heavy (non-hydrogen) atoms. The lowest BCUT2D eigenvalue weighted by molar-refractivity contribution is 0.596. The Labute approximate surface area is 146 Å². The molecule has 0 amide bonds. The van der Waals surface area contributed by atoms with Crippen LogP contribution in [-0.4, -0.2) is 15.0 Å². The smallest absolute Gasteiger partial charge is 0.225 e. The number of aryl methyl sites for hydroxylation is 2. The van der Waals surface area contributed by atoms with Crippen LogP contribution in [0.2, 0.25) is 5.28 Å². The van der Waals surface area contributed by atoms with E-state index in [1.54, 1.807) is 6.20 Å². The highest BCUT2D eigenvalue weighted by atomic mass is 35.5. The number of nitrogens with zero attached hydrogens (tertiary/aromatic N) is 3. The van der Waals surface area contributed by atoms with Crippen LogP contribution in [0.4, 0.5) is 5.82 Å². The number of fused-ring (bicyclic) bond motifs is 2. The van der Waals surface area contributed by atoms with Crippen molar-refractivity contribution in [3.63, 3.8) is 0 Å². The minimum atomic E-state index is 0.225. The fraction of sp³-hybridized carbons (Fsp3) is 0.316. The second kappa shape index (κ2) is 6.02. The third-order valence-corrected chi connectivity index (χ3v) is 4.85. The molecule has 122 valence electrons. The molecule has 1 aromatic carbocycles. The lowest BCUT2D eigenvalue weighted by atomic mass is 9.84. The molecule has 0 saturated carbocycles. The molecule has 1 aliphatic carbocycles. The number of hydrogen-bond donors (Lipinski definition) is 1. The van der Waals surface area contributed by atoms with Gasteiger partial charge in [0, 0.05) is 6.20 Å². The molecule has 2 aromatic heterocycles. The van der Waals surface area contributed by atoms with Crippen LogP contribution in [0.1, 0.15) is 41.1 Å². The van der Waals surface area contributed by atoms with Crippen molar-refractivity contribution in [3.8, 4) is 0 Å². The maximum atomic E-state index is 6.10. The van der Waals surface area contributed by atoms with Crippen molar-refractivity contribution in [2.75, 3.05) is 5.32 Å². The first-order valence-electron chi connectivity index (χ1n) is 8.26. The number of halogens is 1. The predicted molar refractivity (Wildman–Crippen MR) is 97.6 cm³/mol. The van der Waals surface area contributed by atoms with Crippen molar-refractivity contribution < 1.29 is 0 Å². The second-order valence-electron chi connectivity index (χ2n) is 6.45. The van der Waals surface area contributed by atoms with E-state index >= 15 is 0 Å². The molecule has 0 bridgehead atoms. The minimum absolute atomic E-state index is 0.225. The quantitative estimate of drug-likeness (QED) is 0.683. The van der Waals surface area contributed by atoms with Gasteiger partial charge in [0.1, 0.15) is 5.52 Å². The summed E-state index contributed by atoms with van der Waals surface area (Å²) in [5.41, 5.74) is 7.03. The third-order valence-electron chi connectivity index (χ3n) is 4.69. The number of hydrogen-bond acceptors (Lipinski definition) is 4. The first-order valence-corrected chi connectivity index (χ1v) is 8.64. The summed E-state index contributed by atoms with van der Waals surface area (Å²) in [6.07, 6.45) is 5.14. The molecule has 4 nitrogen and oxygen atoms in total. The van der Waals surface area contributed by atoms with Crippen molar-refractivity contribution >= 4 is 28.5 Å². The van der Waals surface area contributed by atoms with Gasteiger partial charge in [0.15, 0.2) is 5.82 Å². The largest absolute Gasteiger partial charge is 0.361 e. The van der Waals surface area contributed by atoms with Crippen LogP contribution in [0, 0.1) is 13.8 Å². The Bertz CT molecular complexity index is 923. The summed E-state index contributed by atoms with van der Waals surface area (Å²) in [6, 6.07) is 8.54. The maximum absolute atomic E-state index is 6.10. The van der Waals surface area contributed by atoms with Gasteiger partial charge in [-0.15, -0.1) is 0 Å². The normalized spacial score (nSPS) is 16.9. The van der Waals surface area contributed by atoms with E-state index in [2.05, 4.69) is 46.2 Å². The zero-order valence-electron chi connectivity index (χ0n) is 13.8. The summed E-state index contributed by atoms with van der Waals surface area (Å²) in [5, 5.41) is 3.82. The zero-order chi connectivity index (χ0) is 16.7. The van der Waals surface area contributed by atoms with E-state index in [9.17, 15) is 0 Å². The van der Waals surface area contributed by atoms with Crippen LogP contribution in [0.25, 0.3) is 11.0 Å². The van der Waals surface area contributed by atoms with Crippen molar-refractivity contribution in [1.82, 2.24) is 15.0 Å². The number of nitrogens with one attached hydrogen (secondary N) is 1. The standard InChI is InChI=1S/C19H19ClN4/c1-11-9-12(2)13-5-3-6-15(14(13)10-11)22-18-17-16(7-4-8-21-17)23-19(20)24-18/h4,7-10,15H,3,5-6H2,1-2H3,(H,22,23,24). The first-order chi connectivity index (χ1) is 11.6. The molecule has 0 saturated heterocycles. The highest BCUT2D eigenvalue weighted by Gasteiger charge is 2.23. The minimum Gasteiger partial charge on any atom is -0.361 e. The number of pyridine rings is 1. The molecule has 4 rings (SSSR count). The van der Waals surface area contributed by atoms with Crippen molar-refractivity contribution in [1.29, 1.82) is 0 Å². The molecule has 2 heterocycles. The van der Waals surface area contributed by atoms with Gasteiger partial charge >= 0.3 is 0 Å². The summed E-state index contributed by atoms with van der Waals surface area (Å²) in [6.45, 7) is 4.35. The molecular formula is C19H19ClN4. The Balaban J connectivity index is 1.78. The molecule has 1 unspecified atom stereocenters. The zero-order valence-corrected chi connectivity index (χ0v) is 14.6. The average Bonchev–Trinajstić information content (AvgIpc) is 2.55. The molecule has 0 fully saturated rings. The van der Waals surface area contributed by atoms with Gasteiger partial charge in [0.05, 0.1) is 11.6 Å². The Hall–Kier alpha value is -2.20. The van der Waals surface area contributed by atoms with Crippen molar-refractivity contribution in [2.45, 2.75) is 39.2 Å². The molecule has 1 N–H and O–H groups in total. The van der Waals surface area contributed by atoms with Crippen LogP contribution in [0.15, 0.2) is 30.5 Å². The second-order valence-corrected chi connectivity index (χ2v) is 6.79. The van der Waals surface area contributed by atoms with Crippen LogP contribution in [-0.2, 0) is 6.42 Å². The highest BCUT2D eigenvalue weighted by molar-refractivity contribution is 6.28. The van der Waals surface area contributed by atoms with E-state index in [-0.39, 0.29) is 11.3 Å². The Morgan fingerprint density at radius 2 is 2.08 bits per heavy atom. The summed E-state index contributed by atoms with van der Waals surface area (Å²) in [5.74, 6) is 0.711.